The Morgan fingerprint density at radius 2 is 1.86 bits per heavy atom. The largest absolute Gasteiger partial charge is 0.465 e. The molecule has 5 heteroatoms. The first-order valence-corrected chi connectivity index (χ1v) is 7.04. The van der Waals surface area contributed by atoms with E-state index in [-0.39, 0.29) is 5.97 Å². The van der Waals surface area contributed by atoms with E-state index in [2.05, 4.69) is 10.6 Å². The lowest BCUT2D eigenvalue weighted by Gasteiger charge is -2.03. The molecule has 5 nitrogen and oxygen atoms in total. The molecular weight excluding hydrogens is 278 g/mol. The number of rotatable bonds is 3. The van der Waals surface area contributed by atoms with Crippen LogP contribution in [0.5, 0.6) is 0 Å². The first-order valence-electron chi connectivity index (χ1n) is 7.04. The van der Waals surface area contributed by atoms with Crippen LogP contribution < -0.4 is 10.4 Å². The normalized spacial score (nSPS) is 10.8. The minimum absolute atomic E-state index is 0.325. The number of imidazole rings is 1. The van der Waals surface area contributed by atoms with Crippen molar-refractivity contribution in [2.24, 2.45) is 0 Å². The van der Waals surface area contributed by atoms with Gasteiger partial charge in [-0.3, -0.25) is 5.84 Å². The van der Waals surface area contributed by atoms with Gasteiger partial charge in [0.1, 0.15) is 6.54 Å². The summed E-state index contributed by atoms with van der Waals surface area (Å²) in [5.74, 6) is 6.75. The maximum absolute atomic E-state index is 11.5. The third-order valence-corrected chi connectivity index (χ3v) is 3.89. The van der Waals surface area contributed by atoms with Gasteiger partial charge < -0.3 is 4.74 Å². The monoisotopic (exact) mass is 296 g/mol. The number of methoxy groups -OCH3 is 1. The number of para-hydroxylation sites is 2. The Labute approximate surface area is 128 Å². The standard InChI is InChI=1S/C17H18N3O2/c1-12-19(15-5-3-4-6-16(15)20(12)18)11-13-7-9-14(10-8-13)17(21)22-2/h3-10H,11,18H2,1-2H3/q+1. The van der Waals surface area contributed by atoms with Crippen molar-refractivity contribution in [1.29, 1.82) is 0 Å². The van der Waals surface area contributed by atoms with Gasteiger partial charge in [0.15, 0.2) is 11.0 Å². The fourth-order valence-electron chi connectivity index (χ4n) is 2.62. The van der Waals surface area contributed by atoms with Gasteiger partial charge in [-0.25, -0.2) is 9.36 Å². The van der Waals surface area contributed by atoms with E-state index in [1.807, 2.05) is 37.3 Å². The highest BCUT2D eigenvalue weighted by atomic mass is 16.5. The van der Waals surface area contributed by atoms with Crippen LogP contribution >= 0.6 is 0 Å². The van der Waals surface area contributed by atoms with E-state index in [0.29, 0.717) is 12.1 Å². The quantitative estimate of drug-likeness (QED) is 0.455. The van der Waals surface area contributed by atoms with E-state index in [1.54, 1.807) is 16.8 Å². The lowest BCUT2D eigenvalue weighted by molar-refractivity contribution is -0.669. The second kappa shape index (κ2) is 5.52. The average molecular weight is 296 g/mol. The van der Waals surface area contributed by atoms with Crippen LogP contribution in [-0.4, -0.2) is 17.8 Å². The molecule has 0 aliphatic rings. The summed E-state index contributed by atoms with van der Waals surface area (Å²) in [6.07, 6.45) is 0. The van der Waals surface area contributed by atoms with Crippen LogP contribution in [-0.2, 0) is 11.3 Å². The molecule has 0 saturated heterocycles. The van der Waals surface area contributed by atoms with E-state index in [1.165, 1.54) is 7.11 Å². The maximum atomic E-state index is 11.5. The topological polar surface area (TPSA) is 61.1 Å². The minimum Gasteiger partial charge on any atom is -0.465 e. The minimum atomic E-state index is -0.325. The zero-order valence-electron chi connectivity index (χ0n) is 12.6. The number of hydrogen-bond acceptors (Lipinski definition) is 3. The molecule has 0 amide bonds. The van der Waals surface area contributed by atoms with Gasteiger partial charge in [-0.2, -0.15) is 0 Å². The van der Waals surface area contributed by atoms with Crippen molar-refractivity contribution in [3.8, 4) is 0 Å². The Morgan fingerprint density at radius 3 is 2.55 bits per heavy atom. The number of nitrogens with two attached hydrogens (primary N) is 1. The number of benzene rings is 2. The zero-order valence-corrected chi connectivity index (χ0v) is 12.6. The van der Waals surface area contributed by atoms with Gasteiger partial charge in [0.05, 0.1) is 12.7 Å². The van der Waals surface area contributed by atoms with Gasteiger partial charge in [0.2, 0.25) is 0 Å². The summed E-state index contributed by atoms with van der Waals surface area (Å²) in [6.45, 7) is 2.68. The molecule has 0 spiro atoms. The fraction of sp³-hybridized carbons (Fsp3) is 0.176. The van der Waals surface area contributed by atoms with E-state index in [9.17, 15) is 4.79 Å². The fourth-order valence-corrected chi connectivity index (χ4v) is 2.62. The van der Waals surface area contributed by atoms with Crippen molar-refractivity contribution < 1.29 is 14.1 Å². The number of ether oxygens (including phenoxy) is 1. The Bertz CT molecular complexity index is 835. The number of nitrogen functional groups attached to an aromatic ring is 1. The molecule has 3 rings (SSSR count). The van der Waals surface area contributed by atoms with E-state index < -0.39 is 0 Å². The highest BCUT2D eigenvalue weighted by Crippen LogP contribution is 2.13. The summed E-state index contributed by atoms with van der Waals surface area (Å²) in [5.41, 5.74) is 3.72. The summed E-state index contributed by atoms with van der Waals surface area (Å²) >= 11 is 0. The van der Waals surface area contributed by atoms with Gasteiger partial charge in [0, 0.05) is 6.92 Å². The van der Waals surface area contributed by atoms with E-state index in [4.69, 9.17) is 10.6 Å². The zero-order chi connectivity index (χ0) is 15.7. The van der Waals surface area contributed by atoms with Crippen LogP contribution in [0.25, 0.3) is 11.0 Å². The molecule has 2 aromatic carbocycles. The molecule has 2 N–H and O–H groups in total. The summed E-state index contributed by atoms with van der Waals surface area (Å²) < 4.78 is 8.56. The molecule has 112 valence electrons. The number of carbonyl (C=O) groups excluding carboxylic acids is 1. The lowest BCUT2D eigenvalue weighted by Crippen LogP contribution is -2.37. The molecule has 0 radical (unpaired) electrons. The van der Waals surface area contributed by atoms with Crippen molar-refractivity contribution in [2.45, 2.75) is 13.5 Å². The first kappa shape index (κ1) is 14.1. The molecule has 0 bridgehead atoms. The van der Waals surface area contributed by atoms with Gasteiger partial charge in [-0.05, 0) is 29.8 Å². The number of nitrogens with zero attached hydrogens (tertiary/aromatic N) is 2. The highest BCUT2D eigenvalue weighted by Gasteiger charge is 2.19. The van der Waals surface area contributed by atoms with Crippen molar-refractivity contribution in [3.05, 3.63) is 65.5 Å². The Kier molecular flexibility index (Phi) is 3.55. The molecular formula is C17H18N3O2+. The van der Waals surface area contributed by atoms with Gasteiger partial charge in [-0.1, -0.05) is 24.3 Å². The maximum Gasteiger partial charge on any atom is 0.337 e. The smallest absolute Gasteiger partial charge is 0.337 e. The number of fused-ring (bicyclic) bond motifs is 1. The van der Waals surface area contributed by atoms with E-state index >= 15 is 0 Å². The number of carbonyl (C=O) groups is 1. The highest BCUT2D eigenvalue weighted by molar-refractivity contribution is 5.89. The molecule has 0 atom stereocenters. The van der Waals surface area contributed by atoms with Crippen molar-refractivity contribution in [2.75, 3.05) is 13.0 Å². The number of esters is 1. The second-order valence-electron chi connectivity index (χ2n) is 5.18. The molecule has 0 saturated carbocycles. The summed E-state index contributed by atoms with van der Waals surface area (Å²) in [5, 5.41) is 0. The van der Waals surface area contributed by atoms with Gasteiger partial charge in [-0.15, -0.1) is 4.68 Å². The Balaban J connectivity index is 1.97. The SMILES string of the molecule is COC(=O)c1ccc(C[n+]2c(C)n(N)c3ccccc32)cc1. The van der Waals surface area contributed by atoms with Crippen LogP contribution in [0.15, 0.2) is 48.5 Å². The molecule has 1 aromatic heterocycles. The van der Waals surface area contributed by atoms with E-state index in [0.717, 1.165) is 22.4 Å². The molecule has 3 aromatic rings. The molecule has 22 heavy (non-hydrogen) atoms. The Hall–Kier alpha value is -2.82. The van der Waals surface area contributed by atoms with Crippen molar-refractivity contribution >= 4 is 17.0 Å². The predicted molar refractivity (Wildman–Crippen MR) is 83.9 cm³/mol. The Morgan fingerprint density at radius 1 is 1.18 bits per heavy atom. The lowest BCUT2D eigenvalue weighted by atomic mass is 10.1. The first-order chi connectivity index (χ1) is 10.6. The summed E-state index contributed by atoms with van der Waals surface area (Å²) in [4.78, 5) is 11.5. The molecule has 1 heterocycles. The van der Waals surface area contributed by atoms with Crippen LogP contribution in [0.1, 0.15) is 21.7 Å². The van der Waals surface area contributed by atoms with Gasteiger partial charge >= 0.3 is 5.97 Å². The second-order valence-corrected chi connectivity index (χ2v) is 5.18. The van der Waals surface area contributed by atoms with Gasteiger partial charge in [0.25, 0.3) is 5.82 Å². The third-order valence-electron chi connectivity index (χ3n) is 3.89. The molecule has 0 fully saturated rings. The third kappa shape index (κ3) is 2.30. The van der Waals surface area contributed by atoms with Crippen LogP contribution in [0.2, 0.25) is 0 Å². The summed E-state index contributed by atoms with van der Waals surface area (Å²) in [7, 11) is 1.38. The molecule has 0 aliphatic carbocycles. The summed E-state index contributed by atoms with van der Waals surface area (Å²) in [6, 6.07) is 15.4. The van der Waals surface area contributed by atoms with Crippen LogP contribution in [0, 0.1) is 6.92 Å². The number of aromatic nitrogens is 2. The molecule has 0 aliphatic heterocycles. The van der Waals surface area contributed by atoms with Crippen molar-refractivity contribution in [1.82, 2.24) is 4.68 Å². The predicted octanol–water partition coefficient (Wildman–Crippen LogP) is 1.79. The molecule has 0 unspecified atom stereocenters. The van der Waals surface area contributed by atoms with Crippen LogP contribution in [0.4, 0.5) is 0 Å². The van der Waals surface area contributed by atoms with Crippen molar-refractivity contribution in [3.63, 3.8) is 0 Å². The van der Waals surface area contributed by atoms with Crippen LogP contribution in [0.3, 0.4) is 0 Å². The number of hydrogen-bond donors (Lipinski definition) is 1. The average Bonchev–Trinajstić information content (AvgIpc) is 2.80.